The molecule has 0 unspecified atom stereocenters. The van der Waals surface area contributed by atoms with Gasteiger partial charge in [-0.05, 0) is 30.3 Å². The van der Waals surface area contributed by atoms with Crippen molar-refractivity contribution in [1.29, 1.82) is 5.26 Å². The standard InChI is InChI=1S/C52H30N6O/c53-31-40-47-38-24-15-25-39(52-55-50(32-16-3-1-4-17-32)54-51(56-52)33-18-5-2-6-19-33)49(38)59-46(47)30-45(57-41-26-11-7-20-34(41)35-21-8-12-27-42(35)57)48(40)58-43-28-13-9-22-36(43)37-23-10-14-29-44(37)58/h1-30H. The molecule has 0 aliphatic carbocycles. The van der Waals surface area contributed by atoms with Crippen LogP contribution in [0.2, 0.25) is 0 Å². The molecule has 12 aromatic rings. The van der Waals surface area contributed by atoms with Crippen LogP contribution in [0, 0.1) is 11.3 Å². The summed E-state index contributed by atoms with van der Waals surface area (Å²) in [6.45, 7) is 0. The third-order valence-corrected chi connectivity index (χ3v) is 11.4. The minimum atomic E-state index is 0.478. The highest BCUT2D eigenvalue weighted by Crippen LogP contribution is 2.45. The summed E-state index contributed by atoms with van der Waals surface area (Å²) in [5, 5.41) is 17.5. The van der Waals surface area contributed by atoms with Gasteiger partial charge in [0.25, 0.3) is 0 Å². The quantitative estimate of drug-likeness (QED) is 0.175. The molecule has 4 heterocycles. The van der Waals surface area contributed by atoms with Gasteiger partial charge in [0.05, 0.1) is 44.6 Å². The molecular formula is C52H30N6O. The van der Waals surface area contributed by atoms with Gasteiger partial charge in [0.2, 0.25) is 0 Å². The Bertz CT molecular complexity index is 3520. The zero-order valence-electron chi connectivity index (χ0n) is 31.4. The lowest BCUT2D eigenvalue weighted by Crippen LogP contribution is -2.06. The second-order valence-corrected chi connectivity index (χ2v) is 14.7. The summed E-state index contributed by atoms with van der Waals surface area (Å²) in [6.07, 6.45) is 0. The van der Waals surface area contributed by atoms with Crippen LogP contribution in [-0.2, 0) is 0 Å². The van der Waals surface area contributed by atoms with E-state index in [-0.39, 0.29) is 0 Å². The molecular weight excluding hydrogens is 725 g/mol. The maximum atomic E-state index is 11.5. The Labute approximate surface area is 337 Å². The molecule has 8 aromatic carbocycles. The van der Waals surface area contributed by atoms with Gasteiger partial charge in [-0.1, -0.05) is 146 Å². The Kier molecular flexibility index (Phi) is 7.16. The SMILES string of the molecule is N#Cc1c(-n2c3ccccc3c3ccccc32)c(-n2c3ccccc3c3ccccc32)cc2oc3c(-c4nc(-c5ccccc5)nc(-c5ccccc5)n4)cccc3c12. The molecule has 0 atom stereocenters. The number of nitriles is 1. The number of nitrogens with zero attached hydrogens (tertiary/aromatic N) is 6. The highest BCUT2D eigenvalue weighted by Gasteiger charge is 2.27. The van der Waals surface area contributed by atoms with Crippen molar-refractivity contribution in [1.82, 2.24) is 24.1 Å². The van der Waals surface area contributed by atoms with Crippen molar-refractivity contribution in [3.8, 4) is 51.6 Å². The fourth-order valence-corrected chi connectivity index (χ4v) is 8.89. The van der Waals surface area contributed by atoms with E-state index in [0.717, 1.165) is 76.9 Å². The van der Waals surface area contributed by atoms with E-state index in [1.54, 1.807) is 0 Å². The van der Waals surface area contributed by atoms with Crippen LogP contribution in [0.1, 0.15) is 5.56 Å². The Hall–Kier alpha value is -8.34. The van der Waals surface area contributed by atoms with E-state index >= 15 is 0 Å². The molecule has 0 amide bonds. The number of furan rings is 1. The number of aromatic nitrogens is 5. The monoisotopic (exact) mass is 754 g/mol. The molecule has 0 spiro atoms. The van der Waals surface area contributed by atoms with E-state index in [9.17, 15) is 5.26 Å². The van der Waals surface area contributed by atoms with Crippen LogP contribution >= 0.6 is 0 Å². The second kappa shape index (κ2) is 12.8. The van der Waals surface area contributed by atoms with E-state index in [2.05, 4.69) is 118 Å². The van der Waals surface area contributed by atoms with E-state index in [0.29, 0.717) is 39.8 Å². The molecule has 4 aromatic heterocycles. The predicted molar refractivity (Wildman–Crippen MR) is 237 cm³/mol. The first-order chi connectivity index (χ1) is 29.2. The van der Waals surface area contributed by atoms with Crippen LogP contribution in [-0.4, -0.2) is 24.1 Å². The Morgan fingerprint density at radius 1 is 0.441 bits per heavy atom. The molecule has 0 fully saturated rings. The number of hydrogen-bond donors (Lipinski definition) is 0. The van der Waals surface area contributed by atoms with Crippen LogP contribution in [0.4, 0.5) is 0 Å². The van der Waals surface area contributed by atoms with Crippen molar-refractivity contribution < 1.29 is 4.42 Å². The van der Waals surface area contributed by atoms with Crippen molar-refractivity contribution in [2.45, 2.75) is 0 Å². The Morgan fingerprint density at radius 3 is 1.39 bits per heavy atom. The number of rotatable bonds is 5. The Balaban J connectivity index is 1.22. The van der Waals surface area contributed by atoms with Gasteiger partial charge in [-0.15, -0.1) is 0 Å². The molecule has 12 rings (SSSR count). The van der Waals surface area contributed by atoms with E-state index < -0.39 is 0 Å². The van der Waals surface area contributed by atoms with Crippen LogP contribution in [0.3, 0.4) is 0 Å². The van der Waals surface area contributed by atoms with Gasteiger partial charge in [0, 0.05) is 49.5 Å². The molecule has 7 heteroatoms. The zero-order chi connectivity index (χ0) is 39.0. The smallest absolute Gasteiger partial charge is 0.167 e. The summed E-state index contributed by atoms with van der Waals surface area (Å²) in [6, 6.07) is 64.4. The fourth-order valence-electron chi connectivity index (χ4n) is 8.89. The van der Waals surface area contributed by atoms with Crippen LogP contribution in [0.15, 0.2) is 186 Å². The number of benzene rings is 8. The van der Waals surface area contributed by atoms with Crippen molar-refractivity contribution in [2.24, 2.45) is 0 Å². The maximum absolute atomic E-state index is 11.5. The first-order valence-corrected chi connectivity index (χ1v) is 19.5. The normalized spacial score (nSPS) is 11.7. The summed E-state index contributed by atoms with van der Waals surface area (Å²) in [5.74, 6) is 1.59. The van der Waals surface area contributed by atoms with Gasteiger partial charge in [-0.25, -0.2) is 15.0 Å². The fraction of sp³-hybridized carbons (Fsp3) is 0. The molecule has 0 saturated carbocycles. The van der Waals surface area contributed by atoms with Crippen molar-refractivity contribution in [3.63, 3.8) is 0 Å². The molecule has 274 valence electrons. The summed E-state index contributed by atoms with van der Waals surface area (Å²) >= 11 is 0. The number of hydrogen-bond acceptors (Lipinski definition) is 5. The van der Waals surface area contributed by atoms with Crippen LogP contribution in [0.5, 0.6) is 0 Å². The van der Waals surface area contributed by atoms with Gasteiger partial charge in [-0.3, -0.25) is 0 Å². The predicted octanol–water partition coefficient (Wildman–Crippen LogP) is 12.8. The zero-order valence-corrected chi connectivity index (χ0v) is 31.4. The largest absolute Gasteiger partial charge is 0.455 e. The van der Waals surface area contributed by atoms with Crippen molar-refractivity contribution in [2.75, 3.05) is 0 Å². The third-order valence-electron chi connectivity index (χ3n) is 11.4. The lowest BCUT2D eigenvalue weighted by atomic mass is 10.0. The summed E-state index contributed by atoms with van der Waals surface area (Å²) in [4.78, 5) is 15.0. The average molecular weight is 755 g/mol. The molecule has 59 heavy (non-hydrogen) atoms. The van der Waals surface area contributed by atoms with Crippen LogP contribution < -0.4 is 0 Å². The maximum Gasteiger partial charge on any atom is 0.167 e. The summed E-state index contributed by atoms with van der Waals surface area (Å²) < 4.78 is 11.5. The lowest BCUT2D eigenvalue weighted by molar-refractivity contribution is 0.669. The molecule has 0 aliphatic heterocycles. The summed E-state index contributed by atoms with van der Waals surface area (Å²) in [7, 11) is 0. The molecule has 0 bridgehead atoms. The molecule has 0 N–H and O–H groups in total. The minimum Gasteiger partial charge on any atom is -0.455 e. The van der Waals surface area contributed by atoms with Gasteiger partial charge in [0.1, 0.15) is 17.2 Å². The van der Waals surface area contributed by atoms with E-state index in [1.165, 1.54) is 0 Å². The lowest BCUT2D eigenvalue weighted by Gasteiger charge is -2.18. The van der Waals surface area contributed by atoms with Gasteiger partial charge < -0.3 is 13.6 Å². The van der Waals surface area contributed by atoms with E-state index in [1.807, 2.05) is 78.9 Å². The highest BCUT2D eigenvalue weighted by atomic mass is 16.3. The first-order valence-electron chi connectivity index (χ1n) is 19.5. The van der Waals surface area contributed by atoms with Gasteiger partial charge in [0.15, 0.2) is 17.5 Å². The topological polar surface area (TPSA) is 85.5 Å². The second-order valence-electron chi connectivity index (χ2n) is 14.7. The average Bonchev–Trinajstić information content (AvgIpc) is 3.96. The third kappa shape index (κ3) is 4.90. The van der Waals surface area contributed by atoms with Gasteiger partial charge >= 0.3 is 0 Å². The van der Waals surface area contributed by atoms with Crippen molar-refractivity contribution in [3.05, 3.63) is 188 Å². The Morgan fingerprint density at radius 2 is 0.881 bits per heavy atom. The number of para-hydroxylation sites is 5. The van der Waals surface area contributed by atoms with Crippen LogP contribution in [0.25, 0.3) is 111 Å². The molecule has 7 nitrogen and oxygen atoms in total. The minimum absolute atomic E-state index is 0.478. The van der Waals surface area contributed by atoms with Gasteiger partial charge in [-0.2, -0.15) is 5.26 Å². The van der Waals surface area contributed by atoms with E-state index in [4.69, 9.17) is 19.4 Å². The highest BCUT2D eigenvalue weighted by molar-refractivity contribution is 6.16. The molecule has 0 radical (unpaired) electrons. The number of fused-ring (bicyclic) bond motifs is 9. The summed E-state index contributed by atoms with van der Waals surface area (Å²) in [5.41, 5.74) is 9.83. The van der Waals surface area contributed by atoms with Crippen molar-refractivity contribution >= 4 is 65.6 Å². The first kappa shape index (κ1) is 32.9. The molecule has 0 saturated heterocycles. The molecule has 0 aliphatic rings.